The molecule has 0 saturated carbocycles. The number of piperidine rings is 1. The third-order valence-electron chi connectivity index (χ3n) is 5.37. The van der Waals surface area contributed by atoms with Crippen LogP contribution in [0.4, 0.5) is 24.5 Å². The average Bonchev–Trinajstić information content (AvgIpc) is 2.79. The Morgan fingerprint density at radius 1 is 1.06 bits per heavy atom. The van der Waals surface area contributed by atoms with Gasteiger partial charge in [0.25, 0.3) is 0 Å². The SMILES string of the molecule is COc1ccc(S(=O)(=O)N2CCCC(C(=O)Nc3cc(C(F)(F)F)ccc3NC(C)=O)C2)cc1. The van der Waals surface area contributed by atoms with Gasteiger partial charge in [-0.2, -0.15) is 17.5 Å². The van der Waals surface area contributed by atoms with Crippen molar-refractivity contribution in [1.29, 1.82) is 0 Å². The Balaban J connectivity index is 1.80. The summed E-state index contributed by atoms with van der Waals surface area (Å²) in [7, 11) is -2.43. The van der Waals surface area contributed by atoms with Crippen LogP contribution in [0.3, 0.4) is 0 Å². The van der Waals surface area contributed by atoms with Gasteiger partial charge < -0.3 is 15.4 Å². The number of amides is 2. The van der Waals surface area contributed by atoms with E-state index in [9.17, 15) is 31.2 Å². The molecule has 1 heterocycles. The van der Waals surface area contributed by atoms with Gasteiger partial charge in [-0.1, -0.05) is 0 Å². The molecule has 1 saturated heterocycles. The molecule has 0 aliphatic carbocycles. The van der Waals surface area contributed by atoms with Crippen molar-refractivity contribution in [2.75, 3.05) is 30.8 Å². The van der Waals surface area contributed by atoms with Crippen molar-refractivity contribution in [3.63, 3.8) is 0 Å². The van der Waals surface area contributed by atoms with Crippen LogP contribution in [-0.4, -0.2) is 44.7 Å². The number of methoxy groups -OCH3 is 1. The van der Waals surface area contributed by atoms with Gasteiger partial charge in [-0.05, 0) is 55.3 Å². The first kappa shape index (κ1) is 25.5. The highest BCUT2D eigenvalue weighted by molar-refractivity contribution is 7.89. The van der Waals surface area contributed by atoms with E-state index < -0.39 is 39.5 Å². The lowest BCUT2D eigenvalue weighted by molar-refractivity contribution is -0.137. The number of nitrogens with zero attached hydrogens (tertiary/aromatic N) is 1. The molecule has 1 unspecified atom stereocenters. The maximum atomic E-state index is 13.2. The van der Waals surface area contributed by atoms with Gasteiger partial charge in [0.05, 0.1) is 34.9 Å². The summed E-state index contributed by atoms with van der Waals surface area (Å²) in [5.41, 5.74) is -1.21. The summed E-state index contributed by atoms with van der Waals surface area (Å²) in [5, 5.41) is 4.82. The second kappa shape index (κ2) is 10.0. The second-order valence-electron chi connectivity index (χ2n) is 7.81. The highest BCUT2D eigenvalue weighted by Crippen LogP contribution is 2.35. The summed E-state index contributed by atoms with van der Waals surface area (Å²) in [6, 6.07) is 8.42. The van der Waals surface area contributed by atoms with Crippen molar-refractivity contribution in [3.8, 4) is 5.75 Å². The number of sulfonamides is 1. The van der Waals surface area contributed by atoms with Crippen LogP contribution in [0.15, 0.2) is 47.4 Å². The van der Waals surface area contributed by atoms with Gasteiger partial charge >= 0.3 is 6.18 Å². The lowest BCUT2D eigenvalue weighted by Gasteiger charge is -2.31. The van der Waals surface area contributed by atoms with Crippen molar-refractivity contribution in [2.45, 2.75) is 30.8 Å². The number of anilines is 2. The topological polar surface area (TPSA) is 105 Å². The van der Waals surface area contributed by atoms with Crippen LogP contribution in [0.2, 0.25) is 0 Å². The number of hydrogen-bond acceptors (Lipinski definition) is 5. The fourth-order valence-corrected chi connectivity index (χ4v) is 5.15. The number of nitrogens with one attached hydrogen (secondary N) is 2. The van der Waals surface area contributed by atoms with Gasteiger partial charge in [-0.25, -0.2) is 8.42 Å². The Morgan fingerprint density at radius 2 is 1.74 bits per heavy atom. The molecule has 12 heteroatoms. The predicted molar refractivity (Wildman–Crippen MR) is 119 cm³/mol. The molecule has 2 N–H and O–H groups in total. The largest absolute Gasteiger partial charge is 0.497 e. The third kappa shape index (κ3) is 5.86. The van der Waals surface area contributed by atoms with E-state index in [0.717, 1.165) is 18.2 Å². The van der Waals surface area contributed by atoms with E-state index in [2.05, 4.69) is 10.6 Å². The van der Waals surface area contributed by atoms with E-state index in [1.165, 1.54) is 42.6 Å². The van der Waals surface area contributed by atoms with Crippen LogP contribution in [0.1, 0.15) is 25.3 Å². The number of carbonyl (C=O) groups is 2. The summed E-state index contributed by atoms with van der Waals surface area (Å²) in [5.74, 6) is -1.46. The normalized spacial score (nSPS) is 17.1. The number of benzene rings is 2. The maximum Gasteiger partial charge on any atom is 0.416 e. The molecular formula is C22H24F3N3O5S. The Hall–Kier alpha value is -3.12. The molecule has 0 radical (unpaired) electrons. The minimum atomic E-state index is -4.65. The number of carbonyl (C=O) groups excluding carboxylic acids is 2. The van der Waals surface area contributed by atoms with Crippen LogP contribution in [0.5, 0.6) is 5.75 Å². The fourth-order valence-electron chi connectivity index (χ4n) is 3.63. The first-order valence-corrected chi connectivity index (χ1v) is 11.8. The quantitative estimate of drug-likeness (QED) is 0.631. The fraction of sp³-hybridized carbons (Fsp3) is 0.364. The van der Waals surface area contributed by atoms with E-state index in [1.807, 2.05) is 0 Å². The van der Waals surface area contributed by atoms with Crippen molar-refractivity contribution in [3.05, 3.63) is 48.0 Å². The van der Waals surface area contributed by atoms with Gasteiger partial charge in [0.2, 0.25) is 21.8 Å². The van der Waals surface area contributed by atoms with Crippen LogP contribution >= 0.6 is 0 Å². The zero-order chi connectivity index (χ0) is 25.1. The number of rotatable bonds is 6. The minimum Gasteiger partial charge on any atom is -0.497 e. The Bertz CT molecular complexity index is 1170. The molecule has 0 spiro atoms. The van der Waals surface area contributed by atoms with Crippen molar-refractivity contribution in [2.24, 2.45) is 5.92 Å². The molecule has 0 bridgehead atoms. The molecule has 1 aliphatic heterocycles. The highest BCUT2D eigenvalue weighted by atomic mass is 32.2. The van der Waals surface area contributed by atoms with Crippen molar-refractivity contribution < 1.29 is 35.9 Å². The number of alkyl halides is 3. The second-order valence-corrected chi connectivity index (χ2v) is 9.74. The number of ether oxygens (including phenoxy) is 1. The van der Waals surface area contributed by atoms with Crippen LogP contribution < -0.4 is 15.4 Å². The first-order valence-electron chi connectivity index (χ1n) is 10.4. The number of halogens is 3. The Morgan fingerprint density at radius 3 is 2.32 bits per heavy atom. The lowest BCUT2D eigenvalue weighted by Crippen LogP contribution is -2.43. The van der Waals surface area contributed by atoms with Gasteiger partial charge in [-0.15, -0.1) is 0 Å². The standard InChI is InChI=1S/C22H24F3N3O5S/c1-14(29)26-19-10-5-16(22(23,24)25)12-20(19)27-21(30)15-4-3-11-28(13-15)34(31,32)18-8-6-17(33-2)7-9-18/h5-10,12,15H,3-4,11,13H2,1-2H3,(H,26,29)(H,27,30). The van der Waals surface area contributed by atoms with Crippen LogP contribution in [0.25, 0.3) is 0 Å². The lowest BCUT2D eigenvalue weighted by atomic mass is 9.98. The van der Waals surface area contributed by atoms with Crippen molar-refractivity contribution >= 4 is 33.2 Å². The van der Waals surface area contributed by atoms with E-state index >= 15 is 0 Å². The van der Waals surface area contributed by atoms with E-state index in [-0.39, 0.29) is 29.4 Å². The molecule has 8 nitrogen and oxygen atoms in total. The van der Waals surface area contributed by atoms with Crippen molar-refractivity contribution in [1.82, 2.24) is 4.31 Å². The van der Waals surface area contributed by atoms with Gasteiger partial charge in [-0.3, -0.25) is 9.59 Å². The third-order valence-corrected chi connectivity index (χ3v) is 7.25. The molecule has 1 aliphatic rings. The zero-order valence-corrected chi connectivity index (χ0v) is 19.3. The molecule has 2 aromatic carbocycles. The maximum absolute atomic E-state index is 13.2. The molecule has 1 fully saturated rings. The number of hydrogen-bond donors (Lipinski definition) is 2. The van der Waals surface area contributed by atoms with Crippen LogP contribution in [0, 0.1) is 5.92 Å². The highest BCUT2D eigenvalue weighted by Gasteiger charge is 2.35. The van der Waals surface area contributed by atoms with E-state index in [1.54, 1.807) is 0 Å². The Labute approximate surface area is 195 Å². The zero-order valence-electron chi connectivity index (χ0n) is 18.5. The molecule has 2 aromatic rings. The van der Waals surface area contributed by atoms with Gasteiger partial charge in [0.15, 0.2) is 0 Å². The summed E-state index contributed by atoms with van der Waals surface area (Å²) >= 11 is 0. The van der Waals surface area contributed by atoms with E-state index in [0.29, 0.717) is 18.6 Å². The molecular weight excluding hydrogens is 475 g/mol. The summed E-state index contributed by atoms with van der Waals surface area (Å²) in [4.78, 5) is 24.4. The molecule has 0 aromatic heterocycles. The van der Waals surface area contributed by atoms with Gasteiger partial charge in [0, 0.05) is 20.0 Å². The first-order chi connectivity index (χ1) is 15.9. The molecule has 1 atom stereocenters. The van der Waals surface area contributed by atoms with Crippen LogP contribution in [-0.2, 0) is 25.8 Å². The molecule has 184 valence electrons. The molecule has 2 amide bonds. The monoisotopic (exact) mass is 499 g/mol. The summed E-state index contributed by atoms with van der Waals surface area (Å²) in [6.07, 6.45) is -3.90. The summed E-state index contributed by atoms with van der Waals surface area (Å²) < 4.78 is 71.8. The predicted octanol–water partition coefficient (Wildman–Crippen LogP) is 3.71. The van der Waals surface area contributed by atoms with E-state index in [4.69, 9.17) is 4.74 Å². The molecule has 3 rings (SSSR count). The Kier molecular flexibility index (Phi) is 7.51. The smallest absolute Gasteiger partial charge is 0.416 e. The average molecular weight is 500 g/mol. The minimum absolute atomic E-state index is 0.00682. The van der Waals surface area contributed by atoms with Gasteiger partial charge in [0.1, 0.15) is 5.75 Å². The molecule has 34 heavy (non-hydrogen) atoms. The summed E-state index contributed by atoms with van der Waals surface area (Å²) in [6.45, 7) is 1.26.